The van der Waals surface area contributed by atoms with Gasteiger partial charge in [-0.1, -0.05) is 158 Å². The van der Waals surface area contributed by atoms with Crippen molar-refractivity contribution in [3.05, 3.63) is 223 Å². The fourth-order valence-corrected chi connectivity index (χ4v) is 8.97. The summed E-state index contributed by atoms with van der Waals surface area (Å²) in [4.78, 5) is 14.5. The van der Waals surface area contributed by atoms with Crippen molar-refractivity contribution < 1.29 is 0 Å². The van der Waals surface area contributed by atoms with Gasteiger partial charge in [-0.2, -0.15) is 0 Å². The summed E-state index contributed by atoms with van der Waals surface area (Å²) in [6.07, 6.45) is 3.62. The lowest BCUT2D eigenvalue weighted by molar-refractivity contribution is 0.794. The maximum atomic E-state index is 5.19. The number of aromatic nitrogens is 3. The van der Waals surface area contributed by atoms with E-state index in [0.29, 0.717) is 5.82 Å². The number of pyridine rings is 1. The maximum Gasteiger partial charge on any atom is 0.160 e. The normalized spacial score (nSPS) is 12.9. The first-order valence-corrected chi connectivity index (χ1v) is 18.8. The Hall–Kier alpha value is -7.23. The molecule has 11 rings (SSSR count). The van der Waals surface area contributed by atoms with E-state index < -0.39 is 0 Å². The Morgan fingerprint density at radius 1 is 0.291 bits per heavy atom. The predicted molar refractivity (Wildman–Crippen MR) is 223 cm³/mol. The molecule has 2 heterocycles. The second-order valence-electron chi connectivity index (χ2n) is 14.4. The molecule has 1 spiro atoms. The summed E-state index contributed by atoms with van der Waals surface area (Å²) in [5, 5.41) is 0. The fraction of sp³-hybridized carbons (Fsp3) is 0.0192. The summed E-state index contributed by atoms with van der Waals surface area (Å²) in [6.45, 7) is 0. The molecule has 0 amide bonds. The molecule has 3 heteroatoms. The number of nitrogens with zero attached hydrogens (tertiary/aromatic N) is 3. The van der Waals surface area contributed by atoms with Crippen molar-refractivity contribution in [3.8, 4) is 78.4 Å². The number of rotatable bonds is 5. The highest BCUT2D eigenvalue weighted by Crippen LogP contribution is 2.62. The van der Waals surface area contributed by atoms with Crippen LogP contribution in [0, 0.1) is 0 Å². The van der Waals surface area contributed by atoms with Crippen molar-refractivity contribution in [2.75, 3.05) is 0 Å². The van der Waals surface area contributed by atoms with Crippen molar-refractivity contribution in [2.24, 2.45) is 0 Å². The minimum Gasteiger partial charge on any atom is -0.265 e. The molecular weight excluding hydrogens is 667 g/mol. The van der Waals surface area contributed by atoms with Crippen LogP contribution in [0.15, 0.2) is 200 Å². The van der Waals surface area contributed by atoms with Crippen LogP contribution in [0.3, 0.4) is 0 Å². The van der Waals surface area contributed by atoms with Crippen molar-refractivity contribution >= 4 is 0 Å². The molecule has 9 aromatic rings. The van der Waals surface area contributed by atoms with Gasteiger partial charge < -0.3 is 0 Å². The molecule has 2 aliphatic rings. The van der Waals surface area contributed by atoms with Crippen LogP contribution in [0.2, 0.25) is 0 Å². The number of hydrogen-bond donors (Lipinski definition) is 0. The van der Waals surface area contributed by atoms with Crippen LogP contribution in [0.1, 0.15) is 22.3 Å². The number of benzene rings is 7. The average Bonchev–Trinajstić information content (AvgIpc) is 3.74. The molecule has 0 fully saturated rings. The van der Waals surface area contributed by atoms with E-state index >= 15 is 0 Å². The van der Waals surface area contributed by atoms with Crippen LogP contribution in [0.4, 0.5) is 0 Å². The molecule has 0 unspecified atom stereocenters. The van der Waals surface area contributed by atoms with Gasteiger partial charge in [-0.3, -0.25) is 4.98 Å². The fourth-order valence-electron chi connectivity index (χ4n) is 8.97. The first-order valence-electron chi connectivity index (χ1n) is 18.8. The molecule has 0 saturated carbocycles. The van der Waals surface area contributed by atoms with Crippen LogP contribution in [0.5, 0.6) is 0 Å². The van der Waals surface area contributed by atoms with Crippen LogP contribution in [0.25, 0.3) is 78.4 Å². The Morgan fingerprint density at radius 2 is 0.764 bits per heavy atom. The van der Waals surface area contributed by atoms with Crippen molar-refractivity contribution in [1.29, 1.82) is 0 Å². The molecule has 256 valence electrons. The lowest BCUT2D eigenvalue weighted by atomic mass is 9.70. The standard InChI is InChI=1S/C52H33N3/c1-2-11-34(12-3-1)35-21-23-37(24-22-35)51-54-49(36-27-29-53-30-28-36)33-50(55-51)40-14-10-13-38(31-40)39-25-26-48-44(32-39)43-17-6-9-20-47(43)52(48)45-18-7-4-15-41(45)42-16-5-8-19-46(42)52/h1-33H. The molecule has 2 aromatic heterocycles. The van der Waals surface area contributed by atoms with E-state index in [1.54, 1.807) is 0 Å². The summed E-state index contributed by atoms with van der Waals surface area (Å²) in [6, 6.07) is 67.8. The first kappa shape index (κ1) is 31.3. The van der Waals surface area contributed by atoms with Gasteiger partial charge in [0.25, 0.3) is 0 Å². The molecule has 3 nitrogen and oxygen atoms in total. The van der Waals surface area contributed by atoms with Crippen LogP contribution in [-0.4, -0.2) is 15.0 Å². The molecule has 0 bridgehead atoms. The van der Waals surface area contributed by atoms with Gasteiger partial charge in [0.05, 0.1) is 16.8 Å². The van der Waals surface area contributed by atoms with E-state index in [1.165, 1.54) is 55.6 Å². The van der Waals surface area contributed by atoms with Gasteiger partial charge in [-0.05, 0) is 97.1 Å². The second kappa shape index (κ2) is 12.4. The third-order valence-electron chi connectivity index (χ3n) is 11.4. The number of hydrogen-bond acceptors (Lipinski definition) is 3. The van der Waals surface area contributed by atoms with Crippen LogP contribution >= 0.6 is 0 Å². The van der Waals surface area contributed by atoms with E-state index in [2.05, 4.69) is 175 Å². The molecule has 0 radical (unpaired) electrons. The summed E-state index contributed by atoms with van der Waals surface area (Å²) in [7, 11) is 0. The zero-order valence-corrected chi connectivity index (χ0v) is 29.9. The Balaban J connectivity index is 1.03. The van der Waals surface area contributed by atoms with Crippen molar-refractivity contribution in [1.82, 2.24) is 15.0 Å². The van der Waals surface area contributed by atoms with Crippen molar-refractivity contribution in [3.63, 3.8) is 0 Å². The molecule has 0 N–H and O–H groups in total. The Kier molecular flexibility index (Phi) is 7.08. The minimum absolute atomic E-state index is 0.348. The maximum absolute atomic E-state index is 5.19. The third-order valence-corrected chi connectivity index (χ3v) is 11.4. The van der Waals surface area contributed by atoms with E-state index in [-0.39, 0.29) is 5.41 Å². The largest absolute Gasteiger partial charge is 0.265 e. The molecule has 0 aliphatic heterocycles. The van der Waals surface area contributed by atoms with Crippen LogP contribution < -0.4 is 0 Å². The first-order chi connectivity index (χ1) is 27.3. The average molecular weight is 700 g/mol. The van der Waals surface area contributed by atoms with Crippen LogP contribution in [-0.2, 0) is 5.41 Å². The topological polar surface area (TPSA) is 38.7 Å². The van der Waals surface area contributed by atoms with E-state index in [1.807, 2.05) is 30.6 Å². The smallest absolute Gasteiger partial charge is 0.160 e. The van der Waals surface area contributed by atoms with E-state index in [4.69, 9.17) is 9.97 Å². The Labute approximate surface area is 320 Å². The van der Waals surface area contributed by atoms with Gasteiger partial charge in [0.1, 0.15) is 0 Å². The second-order valence-corrected chi connectivity index (χ2v) is 14.4. The van der Waals surface area contributed by atoms with E-state index in [9.17, 15) is 0 Å². The lowest BCUT2D eigenvalue weighted by Crippen LogP contribution is -2.25. The molecule has 7 aromatic carbocycles. The van der Waals surface area contributed by atoms with Crippen molar-refractivity contribution in [2.45, 2.75) is 5.41 Å². The summed E-state index contributed by atoms with van der Waals surface area (Å²) in [5.74, 6) is 0.686. The molecule has 0 atom stereocenters. The monoisotopic (exact) mass is 699 g/mol. The van der Waals surface area contributed by atoms with Gasteiger partial charge in [-0.25, -0.2) is 9.97 Å². The zero-order chi connectivity index (χ0) is 36.3. The summed E-state index contributed by atoms with van der Waals surface area (Å²) in [5.41, 5.74) is 19.7. The predicted octanol–water partition coefficient (Wildman–Crippen LogP) is 12.6. The molecular formula is C52H33N3. The van der Waals surface area contributed by atoms with Gasteiger partial charge in [0, 0.05) is 29.1 Å². The highest BCUT2D eigenvalue weighted by Gasteiger charge is 2.51. The molecule has 0 saturated heterocycles. The molecule has 2 aliphatic carbocycles. The molecule has 55 heavy (non-hydrogen) atoms. The summed E-state index contributed by atoms with van der Waals surface area (Å²) < 4.78 is 0. The number of fused-ring (bicyclic) bond motifs is 10. The highest BCUT2D eigenvalue weighted by atomic mass is 14.9. The highest BCUT2D eigenvalue weighted by molar-refractivity contribution is 5.96. The third kappa shape index (κ3) is 4.87. The zero-order valence-electron chi connectivity index (χ0n) is 29.9. The minimum atomic E-state index is -0.348. The quantitative estimate of drug-likeness (QED) is 0.179. The van der Waals surface area contributed by atoms with E-state index in [0.717, 1.165) is 39.2 Å². The van der Waals surface area contributed by atoms with Gasteiger partial charge >= 0.3 is 0 Å². The van der Waals surface area contributed by atoms with Gasteiger partial charge in [0.2, 0.25) is 0 Å². The van der Waals surface area contributed by atoms with Gasteiger partial charge in [0.15, 0.2) is 5.82 Å². The lowest BCUT2D eigenvalue weighted by Gasteiger charge is -2.30. The van der Waals surface area contributed by atoms with Gasteiger partial charge in [-0.15, -0.1) is 0 Å². The Bertz CT molecular complexity index is 2870. The summed E-state index contributed by atoms with van der Waals surface area (Å²) >= 11 is 0. The Morgan fingerprint density at radius 3 is 1.44 bits per heavy atom. The SMILES string of the molecule is c1ccc(-c2ccc(-c3nc(-c4ccncc4)cc(-c4cccc(-c5ccc6c(c5)-c5ccccc5C65c6ccccc6-c6ccccc65)c4)n3)cc2)cc1.